The Morgan fingerprint density at radius 1 is 1.22 bits per heavy atom. The first-order valence-electron chi connectivity index (χ1n) is 6.71. The number of methoxy groups -OCH3 is 1. The van der Waals surface area contributed by atoms with Crippen LogP contribution in [0.15, 0.2) is 53.6 Å². The molecule has 2 aromatic carbocycles. The lowest BCUT2D eigenvalue weighted by Gasteiger charge is -2.11. The first-order valence-corrected chi connectivity index (χ1v) is 8.20. The van der Waals surface area contributed by atoms with Gasteiger partial charge in [0.25, 0.3) is 10.0 Å². The van der Waals surface area contributed by atoms with Crippen molar-refractivity contribution < 1.29 is 13.2 Å². The molecule has 116 valence electrons. The lowest BCUT2D eigenvalue weighted by molar-refractivity contribution is 0.415. The molecular formula is C16H13N3O3S. The van der Waals surface area contributed by atoms with Crippen molar-refractivity contribution in [1.29, 1.82) is 5.26 Å². The summed E-state index contributed by atoms with van der Waals surface area (Å²) < 4.78 is 32.9. The smallest absolute Gasteiger partial charge is 0.262 e. The SMILES string of the molecule is COc1cc(NS(=O)(=O)c2cccc(C#N)c2)c2[nH]ccc2c1. The van der Waals surface area contributed by atoms with Crippen molar-refractivity contribution in [2.75, 3.05) is 11.8 Å². The van der Waals surface area contributed by atoms with E-state index in [-0.39, 0.29) is 10.5 Å². The van der Waals surface area contributed by atoms with Crippen molar-refractivity contribution in [3.8, 4) is 11.8 Å². The molecule has 1 heterocycles. The molecular weight excluding hydrogens is 314 g/mol. The maximum absolute atomic E-state index is 12.6. The molecule has 0 unspecified atom stereocenters. The zero-order valence-electron chi connectivity index (χ0n) is 12.2. The Morgan fingerprint density at radius 2 is 2.04 bits per heavy atom. The van der Waals surface area contributed by atoms with Gasteiger partial charge in [-0.15, -0.1) is 0 Å². The van der Waals surface area contributed by atoms with Crippen LogP contribution in [0.3, 0.4) is 0 Å². The van der Waals surface area contributed by atoms with Crippen LogP contribution in [0.2, 0.25) is 0 Å². The fraction of sp³-hybridized carbons (Fsp3) is 0.0625. The van der Waals surface area contributed by atoms with Gasteiger partial charge in [0.1, 0.15) is 5.75 Å². The van der Waals surface area contributed by atoms with Gasteiger partial charge in [-0.3, -0.25) is 4.72 Å². The molecule has 0 atom stereocenters. The summed E-state index contributed by atoms with van der Waals surface area (Å²) >= 11 is 0. The summed E-state index contributed by atoms with van der Waals surface area (Å²) in [4.78, 5) is 3.03. The minimum absolute atomic E-state index is 0.0269. The van der Waals surface area contributed by atoms with Gasteiger partial charge in [-0.05, 0) is 30.3 Å². The average molecular weight is 327 g/mol. The minimum Gasteiger partial charge on any atom is -0.497 e. The molecule has 0 bridgehead atoms. The summed E-state index contributed by atoms with van der Waals surface area (Å²) in [6, 6.07) is 13.0. The standard InChI is InChI=1S/C16H13N3O3S/c1-22-13-8-12-5-6-18-16(12)15(9-13)19-23(20,21)14-4-2-3-11(7-14)10-17/h2-9,18-19H,1H3. The number of hydrogen-bond donors (Lipinski definition) is 2. The van der Waals surface area contributed by atoms with Crippen LogP contribution in [0.4, 0.5) is 5.69 Å². The Labute approximate surface area is 133 Å². The molecule has 6 nitrogen and oxygen atoms in total. The second-order valence-corrected chi connectivity index (χ2v) is 6.54. The third-order valence-corrected chi connectivity index (χ3v) is 4.75. The Bertz CT molecular complexity index is 1020. The first-order chi connectivity index (χ1) is 11.0. The number of benzene rings is 2. The van der Waals surface area contributed by atoms with Crippen molar-refractivity contribution in [3.63, 3.8) is 0 Å². The van der Waals surface area contributed by atoms with E-state index in [0.717, 1.165) is 5.39 Å². The Hall–Kier alpha value is -2.98. The number of nitriles is 1. The molecule has 0 aliphatic heterocycles. The monoisotopic (exact) mass is 327 g/mol. The summed E-state index contributed by atoms with van der Waals surface area (Å²) in [5.41, 5.74) is 1.32. The fourth-order valence-corrected chi connectivity index (χ4v) is 3.39. The van der Waals surface area contributed by atoms with E-state index in [9.17, 15) is 8.42 Å². The van der Waals surface area contributed by atoms with E-state index < -0.39 is 10.0 Å². The third-order valence-electron chi connectivity index (χ3n) is 3.39. The molecule has 0 spiro atoms. The molecule has 0 aliphatic rings. The van der Waals surface area contributed by atoms with Crippen LogP contribution in [0.1, 0.15) is 5.56 Å². The van der Waals surface area contributed by atoms with Gasteiger partial charge >= 0.3 is 0 Å². The Balaban J connectivity index is 2.07. The van der Waals surface area contributed by atoms with Crippen molar-refractivity contribution in [3.05, 3.63) is 54.2 Å². The highest BCUT2D eigenvalue weighted by Crippen LogP contribution is 2.30. The summed E-state index contributed by atoms with van der Waals surface area (Å²) in [5.74, 6) is 0.542. The van der Waals surface area contributed by atoms with Crippen LogP contribution in [-0.2, 0) is 10.0 Å². The van der Waals surface area contributed by atoms with Gasteiger partial charge in [-0.1, -0.05) is 6.07 Å². The molecule has 0 radical (unpaired) electrons. The van der Waals surface area contributed by atoms with E-state index in [1.807, 2.05) is 12.1 Å². The second kappa shape index (κ2) is 5.66. The highest BCUT2D eigenvalue weighted by molar-refractivity contribution is 7.92. The number of nitrogens with zero attached hydrogens (tertiary/aromatic N) is 1. The van der Waals surface area contributed by atoms with Gasteiger partial charge in [0.15, 0.2) is 0 Å². The second-order valence-electron chi connectivity index (χ2n) is 4.86. The maximum Gasteiger partial charge on any atom is 0.262 e. The quantitative estimate of drug-likeness (QED) is 0.770. The first kappa shape index (κ1) is 14.9. The lowest BCUT2D eigenvalue weighted by Crippen LogP contribution is -2.13. The highest BCUT2D eigenvalue weighted by atomic mass is 32.2. The summed E-state index contributed by atoms with van der Waals surface area (Å²) in [6.45, 7) is 0. The molecule has 0 saturated carbocycles. The molecule has 0 saturated heterocycles. The maximum atomic E-state index is 12.6. The van der Waals surface area contributed by atoms with E-state index in [4.69, 9.17) is 10.00 Å². The number of H-pyrrole nitrogens is 1. The zero-order chi connectivity index (χ0) is 16.4. The number of aromatic nitrogens is 1. The molecule has 0 aliphatic carbocycles. The van der Waals surface area contributed by atoms with E-state index in [1.165, 1.54) is 25.3 Å². The fourth-order valence-electron chi connectivity index (χ4n) is 2.28. The third kappa shape index (κ3) is 2.84. The number of rotatable bonds is 4. The van der Waals surface area contributed by atoms with Crippen molar-refractivity contribution >= 4 is 26.6 Å². The number of hydrogen-bond acceptors (Lipinski definition) is 4. The molecule has 3 aromatic rings. The summed E-state index contributed by atoms with van der Waals surface area (Å²) in [7, 11) is -2.30. The van der Waals surface area contributed by atoms with Crippen molar-refractivity contribution in [2.45, 2.75) is 4.90 Å². The van der Waals surface area contributed by atoms with Crippen LogP contribution in [0.5, 0.6) is 5.75 Å². The van der Waals surface area contributed by atoms with Crippen LogP contribution in [-0.4, -0.2) is 20.5 Å². The summed E-state index contributed by atoms with van der Waals surface area (Å²) in [5, 5.41) is 9.74. The number of anilines is 1. The van der Waals surface area contributed by atoms with Gasteiger partial charge in [-0.2, -0.15) is 5.26 Å². The van der Waals surface area contributed by atoms with Crippen molar-refractivity contribution in [2.24, 2.45) is 0 Å². The largest absolute Gasteiger partial charge is 0.497 e. The van der Waals surface area contributed by atoms with Gasteiger partial charge in [-0.25, -0.2) is 8.42 Å². The predicted octanol–water partition coefficient (Wildman–Crippen LogP) is 2.85. The van der Waals surface area contributed by atoms with E-state index >= 15 is 0 Å². The molecule has 1 aromatic heterocycles. The van der Waals surface area contributed by atoms with Gasteiger partial charge in [0, 0.05) is 17.6 Å². The zero-order valence-corrected chi connectivity index (χ0v) is 13.0. The number of aromatic amines is 1. The van der Waals surface area contributed by atoms with Crippen LogP contribution in [0.25, 0.3) is 10.9 Å². The lowest BCUT2D eigenvalue weighted by atomic mass is 10.2. The van der Waals surface area contributed by atoms with Gasteiger partial charge in [0.2, 0.25) is 0 Å². The van der Waals surface area contributed by atoms with E-state index in [0.29, 0.717) is 17.0 Å². The molecule has 7 heteroatoms. The molecule has 2 N–H and O–H groups in total. The molecule has 0 fully saturated rings. The normalized spacial score (nSPS) is 11.1. The van der Waals surface area contributed by atoms with Crippen LogP contribution < -0.4 is 9.46 Å². The Kier molecular flexibility index (Phi) is 3.68. The minimum atomic E-state index is -3.82. The van der Waals surface area contributed by atoms with Crippen molar-refractivity contribution in [1.82, 2.24) is 4.98 Å². The van der Waals surface area contributed by atoms with E-state index in [1.54, 1.807) is 24.4 Å². The number of fused-ring (bicyclic) bond motifs is 1. The Morgan fingerprint density at radius 3 is 2.78 bits per heavy atom. The van der Waals surface area contributed by atoms with Crippen LogP contribution in [0, 0.1) is 11.3 Å². The van der Waals surface area contributed by atoms with Gasteiger partial charge < -0.3 is 9.72 Å². The number of sulfonamides is 1. The summed E-state index contributed by atoms with van der Waals surface area (Å²) in [6.07, 6.45) is 1.72. The predicted molar refractivity (Wildman–Crippen MR) is 86.8 cm³/mol. The highest BCUT2D eigenvalue weighted by Gasteiger charge is 2.17. The molecule has 23 heavy (non-hydrogen) atoms. The van der Waals surface area contributed by atoms with E-state index in [2.05, 4.69) is 9.71 Å². The number of ether oxygens (including phenoxy) is 1. The number of nitrogens with one attached hydrogen (secondary N) is 2. The van der Waals surface area contributed by atoms with Gasteiger partial charge in [0.05, 0.1) is 34.8 Å². The average Bonchev–Trinajstić information content (AvgIpc) is 3.03. The molecule has 0 amide bonds. The molecule has 3 rings (SSSR count). The van der Waals surface area contributed by atoms with Crippen LogP contribution >= 0.6 is 0 Å². The topological polar surface area (TPSA) is 95.0 Å².